The Kier molecular flexibility index (Phi) is 5.53. The predicted molar refractivity (Wildman–Crippen MR) is 79.3 cm³/mol. The van der Waals surface area contributed by atoms with E-state index in [-0.39, 0.29) is 41.2 Å². The second kappa shape index (κ2) is 6.33. The van der Waals surface area contributed by atoms with Crippen LogP contribution >= 0.6 is 24.2 Å². The molecule has 0 radical (unpaired) electrons. The largest absolute Gasteiger partial charge is 0.354 e. The van der Waals surface area contributed by atoms with Crippen molar-refractivity contribution in [2.75, 3.05) is 12.3 Å². The molecule has 2 amide bonds. The number of carbonyl (C=O) groups excluding carboxylic acids is 2. The molecule has 0 aromatic heterocycles. The Hall–Kier alpha value is -0.460. The quantitative estimate of drug-likeness (QED) is 0.802. The summed E-state index contributed by atoms with van der Waals surface area (Å²) in [6, 6.07) is -0.218. The predicted octanol–water partition coefficient (Wildman–Crippen LogP) is 0.716. The number of fused-ring (bicyclic) bond motifs is 1. The van der Waals surface area contributed by atoms with E-state index in [1.165, 1.54) is 0 Å². The number of thioether (sulfide) groups is 1. The van der Waals surface area contributed by atoms with Crippen molar-refractivity contribution in [1.82, 2.24) is 10.2 Å². The first kappa shape index (κ1) is 16.6. The molecule has 2 rings (SSSR count). The third-order valence-corrected chi connectivity index (χ3v) is 5.15. The molecule has 19 heavy (non-hydrogen) atoms. The number of nitrogens with zero attached hydrogens (tertiary/aromatic N) is 1. The minimum atomic E-state index is -0.303. The highest BCUT2D eigenvalue weighted by molar-refractivity contribution is 8.01. The maximum absolute atomic E-state index is 12.1. The molecule has 7 heteroatoms. The summed E-state index contributed by atoms with van der Waals surface area (Å²) in [5.41, 5.74) is 5.64. The average molecular weight is 308 g/mol. The highest BCUT2D eigenvalue weighted by atomic mass is 35.5. The fourth-order valence-corrected chi connectivity index (χ4v) is 3.99. The van der Waals surface area contributed by atoms with Gasteiger partial charge in [-0.15, -0.1) is 24.2 Å². The highest BCUT2D eigenvalue weighted by Gasteiger charge is 2.52. The lowest BCUT2D eigenvalue weighted by atomic mass is 10.2. The molecule has 0 aliphatic carbocycles. The number of nitrogens with two attached hydrogens (primary N) is 1. The van der Waals surface area contributed by atoms with Crippen molar-refractivity contribution < 1.29 is 9.59 Å². The molecular formula is C12H22ClN3O2S. The third-order valence-electron chi connectivity index (χ3n) is 3.65. The topological polar surface area (TPSA) is 75.4 Å². The molecule has 2 fully saturated rings. The summed E-state index contributed by atoms with van der Waals surface area (Å²) in [4.78, 5) is 25.6. The normalized spacial score (nSPS) is 30.8. The Balaban J connectivity index is 0.00000180. The van der Waals surface area contributed by atoms with Crippen LogP contribution in [0.4, 0.5) is 0 Å². The molecule has 2 heterocycles. The molecule has 3 atom stereocenters. The first-order valence-corrected chi connectivity index (χ1v) is 7.42. The van der Waals surface area contributed by atoms with Gasteiger partial charge in [0.1, 0.15) is 6.04 Å². The van der Waals surface area contributed by atoms with Crippen LogP contribution in [0.3, 0.4) is 0 Å². The zero-order valence-electron chi connectivity index (χ0n) is 11.3. The molecule has 3 N–H and O–H groups in total. The van der Waals surface area contributed by atoms with E-state index in [0.29, 0.717) is 18.7 Å². The van der Waals surface area contributed by atoms with Crippen molar-refractivity contribution in [3.8, 4) is 0 Å². The Bertz CT molecular complexity index is 367. The molecule has 2 aliphatic heterocycles. The van der Waals surface area contributed by atoms with E-state index >= 15 is 0 Å². The lowest BCUT2D eigenvalue weighted by molar-refractivity contribution is -0.137. The molecular weight excluding hydrogens is 286 g/mol. The molecule has 2 aliphatic rings. The zero-order chi connectivity index (χ0) is 13.3. The van der Waals surface area contributed by atoms with E-state index in [9.17, 15) is 9.59 Å². The van der Waals surface area contributed by atoms with Crippen LogP contribution in [0, 0.1) is 0 Å². The standard InChI is InChI=1S/C12H21N3O2S.ClH/c1-8(13)4-6-14-11(17)9-7-18-12(2)5-3-10(16)15(9)12;/h8-9H,3-7,13H2,1-2H3,(H,14,17);1H. The fourth-order valence-electron chi connectivity index (χ4n) is 2.56. The second-order valence-corrected chi connectivity index (χ2v) is 6.82. The smallest absolute Gasteiger partial charge is 0.243 e. The molecule has 0 bridgehead atoms. The van der Waals surface area contributed by atoms with E-state index in [0.717, 1.165) is 12.8 Å². The number of hydrogen-bond acceptors (Lipinski definition) is 4. The SMILES string of the molecule is CC(N)CCNC(=O)C1CSC2(C)CCC(=O)N12.Cl. The van der Waals surface area contributed by atoms with Crippen molar-refractivity contribution in [3.05, 3.63) is 0 Å². The molecule has 5 nitrogen and oxygen atoms in total. The van der Waals surface area contributed by atoms with Crippen LogP contribution in [0.2, 0.25) is 0 Å². The number of rotatable bonds is 4. The summed E-state index contributed by atoms with van der Waals surface area (Å²) in [5.74, 6) is 0.767. The summed E-state index contributed by atoms with van der Waals surface area (Å²) in [6.07, 6.45) is 2.17. The van der Waals surface area contributed by atoms with Crippen LogP contribution in [0.5, 0.6) is 0 Å². The number of hydrogen-bond donors (Lipinski definition) is 2. The Morgan fingerprint density at radius 3 is 3.00 bits per heavy atom. The van der Waals surface area contributed by atoms with Gasteiger partial charge in [0, 0.05) is 24.8 Å². The molecule has 110 valence electrons. The van der Waals surface area contributed by atoms with Gasteiger partial charge in [-0.05, 0) is 26.7 Å². The molecule has 2 saturated heterocycles. The Labute approximate surface area is 124 Å². The van der Waals surface area contributed by atoms with Crippen LogP contribution < -0.4 is 11.1 Å². The fraction of sp³-hybridized carbons (Fsp3) is 0.833. The van der Waals surface area contributed by atoms with E-state index in [1.807, 2.05) is 6.92 Å². The van der Waals surface area contributed by atoms with Crippen LogP contribution in [-0.4, -0.2) is 46.0 Å². The molecule has 3 unspecified atom stereocenters. The first-order valence-electron chi connectivity index (χ1n) is 6.43. The first-order chi connectivity index (χ1) is 8.44. The number of halogens is 1. The maximum atomic E-state index is 12.1. The van der Waals surface area contributed by atoms with Crippen molar-refractivity contribution in [3.63, 3.8) is 0 Å². The highest BCUT2D eigenvalue weighted by Crippen LogP contribution is 2.47. The van der Waals surface area contributed by atoms with Gasteiger partial charge < -0.3 is 16.0 Å². The van der Waals surface area contributed by atoms with Crippen LogP contribution in [-0.2, 0) is 9.59 Å². The minimum absolute atomic E-state index is 0. The van der Waals surface area contributed by atoms with Gasteiger partial charge in [0.15, 0.2) is 0 Å². The van der Waals surface area contributed by atoms with Crippen LogP contribution in [0.25, 0.3) is 0 Å². The van der Waals surface area contributed by atoms with Crippen molar-refractivity contribution in [2.45, 2.75) is 50.1 Å². The lowest BCUT2D eigenvalue weighted by Crippen LogP contribution is -2.50. The van der Waals surface area contributed by atoms with Crippen molar-refractivity contribution >= 4 is 36.0 Å². The second-order valence-electron chi connectivity index (χ2n) is 5.32. The van der Waals surface area contributed by atoms with E-state index in [4.69, 9.17) is 5.73 Å². The monoisotopic (exact) mass is 307 g/mol. The Morgan fingerprint density at radius 1 is 1.68 bits per heavy atom. The average Bonchev–Trinajstić information content (AvgIpc) is 2.76. The number of carbonyl (C=O) groups is 2. The summed E-state index contributed by atoms with van der Waals surface area (Å²) in [6.45, 7) is 4.55. The maximum Gasteiger partial charge on any atom is 0.243 e. The van der Waals surface area contributed by atoms with Gasteiger partial charge in [0.25, 0.3) is 0 Å². The van der Waals surface area contributed by atoms with Crippen LogP contribution in [0.15, 0.2) is 0 Å². The zero-order valence-corrected chi connectivity index (χ0v) is 13.0. The summed E-state index contributed by atoms with van der Waals surface area (Å²) >= 11 is 1.71. The summed E-state index contributed by atoms with van der Waals surface area (Å²) in [7, 11) is 0. The van der Waals surface area contributed by atoms with Gasteiger partial charge in [-0.25, -0.2) is 0 Å². The van der Waals surface area contributed by atoms with Gasteiger partial charge in [-0.2, -0.15) is 0 Å². The number of nitrogens with one attached hydrogen (secondary N) is 1. The van der Waals surface area contributed by atoms with Gasteiger partial charge in [-0.3, -0.25) is 9.59 Å². The third kappa shape index (κ3) is 3.35. The van der Waals surface area contributed by atoms with Crippen LogP contribution in [0.1, 0.15) is 33.1 Å². The Morgan fingerprint density at radius 2 is 2.37 bits per heavy atom. The molecule has 0 aromatic carbocycles. The molecule has 0 spiro atoms. The van der Waals surface area contributed by atoms with E-state index in [1.54, 1.807) is 16.7 Å². The molecule has 0 aromatic rings. The van der Waals surface area contributed by atoms with Gasteiger partial charge in [0.05, 0.1) is 4.87 Å². The number of amides is 2. The molecule has 0 saturated carbocycles. The van der Waals surface area contributed by atoms with Gasteiger partial charge in [-0.1, -0.05) is 0 Å². The summed E-state index contributed by atoms with van der Waals surface area (Å²) < 4.78 is 0. The van der Waals surface area contributed by atoms with Crippen molar-refractivity contribution in [1.29, 1.82) is 0 Å². The minimum Gasteiger partial charge on any atom is -0.354 e. The van der Waals surface area contributed by atoms with Gasteiger partial charge >= 0.3 is 0 Å². The van der Waals surface area contributed by atoms with E-state index in [2.05, 4.69) is 12.2 Å². The van der Waals surface area contributed by atoms with E-state index < -0.39 is 0 Å². The van der Waals surface area contributed by atoms with Crippen molar-refractivity contribution in [2.24, 2.45) is 5.73 Å². The lowest BCUT2D eigenvalue weighted by Gasteiger charge is -2.29. The summed E-state index contributed by atoms with van der Waals surface area (Å²) in [5, 5.41) is 2.88. The van der Waals surface area contributed by atoms with Gasteiger partial charge in [0.2, 0.25) is 11.8 Å².